The minimum atomic E-state index is -0.980. The molecule has 0 unspecified atom stereocenters. The van der Waals surface area contributed by atoms with Gasteiger partial charge in [-0.3, -0.25) is 39.0 Å². The fourth-order valence-corrected chi connectivity index (χ4v) is 10.6. The van der Waals surface area contributed by atoms with Crippen molar-refractivity contribution in [1.29, 1.82) is 0 Å². The first-order valence-electron chi connectivity index (χ1n) is 20.7. The summed E-state index contributed by atoms with van der Waals surface area (Å²) in [4.78, 5) is 96.3. The third kappa shape index (κ3) is 7.40. The van der Waals surface area contributed by atoms with E-state index in [1.807, 2.05) is 19.1 Å². The summed E-state index contributed by atoms with van der Waals surface area (Å²) in [6, 6.07) is 6.31. The van der Waals surface area contributed by atoms with E-state index in [0.717, 1.165) is 112 Å². The van der Waals surface area contributed by atoms with Crippen molar-refractivity contribution in [3.8, 4) is 0 Å². The second-order valence-electron chi connectivity index (χ2n) is 16.9. The Hall–Kier alpha value is -5.49. The van der Waals surface area contributed by atoms with E-state index in [4.69, 9.17) is 10.7 Å². The van der Waals surface area contributed by atoms with Crippen molar-refractivity contribution < 1.29 is 28.8 Å². The van der Waals surface area contributed by atoms with Gasteiger partial charge in [-0.2, -0.15) is 4.37 Å². The number of hydrogen-bond donors (Lipinski definition) is 3. The fourth-order valence-electron chi connectivity index (χ4n) is 9.97. The molecule has 2 atom stereocenters. The Bertz CT molecular complexity index is 2210. The predicted molar refractivity (Wildman–Crippen MR) is 218 cm³/mol. The van der Waals surface area contributed by atoms with Crippen LogP contribution in [0.3, 0.4) is 0 Å². The van der Waals surface area contributed by atoms with E-state index in [2.05, 4.69) is 39.6 Å². The van der Waals surface area contributed by atoms with Crippen LogP contribution in [0.15, 0.2) is 30.5 Å². The lowest BCUT2D eigenvalue weighted by Crippen LogP contribution is -2.54. The van der Waals surface area contributed by atoms with Crippen LogP contribution >= 0.6 is 11.5 Å². The molecule has 18 heteroatoms. The molecular formula is C41H49N11O6S. The molecule has 17 nitrogen and oxygen atoms in total. The van der Waals surface area contributed by atoms with Crippen molar-refractivity contribution in [3.63, 3.8) is 0 Å². The summed E-state index contributed by atoms with van der Waals surface area (Å²) < 4.78 is 4.30. The van der Waals surface area contributed by atoms with Crippen LogP contribution in [0.2, 0.25) is 0 Å². The Morgan fingerprint density at radius 2 is 1.69 bits per heavy atom. The smallest absolute Gasteiger partial charge is 0.271 e. The number of fused-ring (bicyclic) bond motifs is 1. The van der Waals surface area contributed by atoms with Gasteiger partial charge in [0.25, 0.3) is 17.7 Å². The first kappa shape index (κ1) is 39.0. The van der Waals surface area contributed by atoms with E-state index in [0.29, 0.717) is 35.2 Å². The van der Waals surface area contributed by atoms with Crippen LogP contribution in [-0.2, 0) is 14.4 Å². The van der Waals surface area contributed by atoms with Crippen molar-refractivity contribution in [2.75, 3.05) is 67.5 Å². The van der Waals surface area contributed by atoms with E-state index in [1.54, 1.807) is 18.3 Å². The average molecular weight is 824 g/mol. The molecule has 2 aromatic heterocycles. The molecule has 4 N–H and O–H groups in total. The number of aromatic nitrogens is 3. The normalized spacial score (nSPS) is 24.0. The molecule has 1 aromatic carbocycles. The SMILES string of the molecule is Cc1cc(Nc2nc(N3CCC[C@@H](N4CCC5(CCN(CC6CCN(c7ccc8c(c7)C(=O)N([C@H]7CCC(=O)NC7=O)C8=O)CC6)CC5)C4=O)C3)cnc2C(N)=O)sn1. The average Bonchev–Trinajstić information content (AvgIpc) is 3.87. The van der Waals surface area contributed by atoms with Crippen LogP contribution in [0.25, 0.3) is 0 Å². The number of rotatable bonds is 9. The summed E-state index contributed by atoms with van der Waals surface area (Å²) in [7, 11) is 0. The molecule has 0 bridgehead atoms. The second-order valence-corrected chi connectivity index (χ2v) is 17.7. The number of primary amides is 1. The van der Waals surface area contributed by atoms with Crippen molar-refractivity contribution in [2.45, 2.75) is 76.8 Å². The number of imide groups is 2. The van der Waals surface area contributed by atoms with Crippen molar-refractivity contribution >= 4 is 69.3 Å². The van der Waals surface area contributed by atoms with Gasteiger partial charge in [-0.05, 0) is 113 Å². The van der Waals surface area contributed by atoms with Crippen LogP contribution < -0.4 is 26.2 Å². The molecule has 5 saturated heterocycles. The van der Waals surface area contributed by atoms with Crippen LogP contribution in [0.1, 0.15) is 94.7 Å². The molecule has 6 aliphatic heterocycles. The number of piperidine rings is 4. The van der Waals surface area contributed by atoms with E-state index in [9.17, 15) is 28.8 Å². The number of amides is 6. The minimum Gasteiger partial charge on any atom is -0.371 e. The van der Waals surface area contributed by atoms with Crippen molar-refractivity contribution in [2.24, 2.45) is 17.1 Å². The van der Waals surface area contributed by atoms with E-state index in [1.165, 1.54) is 11.5 Å². The number of carbonyl (C=O) groups is 6. The van der Waals surface area contributed by atoms with Crippen LogP contribution in [0.4, 0.5) is 22.3 Å². The van der Waals surface area contributed by atoms with Gasteiger partial charge in [0, 0.05) is 57.4 Å². The standard InChI is InChI=1S/C41H49N11O6S/c1-24-19-33(59-47-24)46-36-34(35(42)54)43-21-31(44-36)50-13-2-3-27(23-50)51-18-12-41(40(51)58)10-16-48(17-11-41)22-25-8-14-49(15-9-25)26-4-5-28-29(20-26)39(57)52(38(28)56)30-6-7-32(53)45-37(30)55/h4-5,19-21,25,27,30H,2-3,6-18,22-23H2,1H3,(H2,42,54)(H,44,46)(H,45,53,55)/t27-,30+/m1/s1. The highest BCUT2D eigenvalue weighted by Crippen LogP contribution is 2.44. The number of benzene rings is 1. The molecule has 6 amide bonds. The van der Waals surface area contributed by atoms with Gasteiger partial charge in [-0.1, -0.05) is 0 Å². The lowest BCUT2D eigenvalue weighted by atomic mass is 9.76. The number of hydrogen-bond acceptors (Lipinski definition) is 14. The number of carbonyl (C=O) groups excluding carboxylic acids is 6. The number of nitrogens with zero attached hydrogens (tertiary/aromatic N) is 8. The van der Waals surface area contributed by atoms with Crippen molar-refractivity contribution in [3.05, 3.63) is 53.0 Å². The van der Waals surface area contributed by atoms with Crippen LogP contribution in [0.5, 0.6) is 0 Å². The molecular weight excluding hydrogens is 775 g/mol. The van der Waals surface area contributed by atoms with Gasteiger partial charge in [-0.15, -0.1) is 0 Å². The first-order chi connectivity index (χ1) is 28.5. The summed E-state index contributed by atoms with van der Waals surface area (Å²) in [5.74, 6) is -0.911. The number of nitrogens with two attached hydrogens (primary N) is 1. The topological polar surface area (TPSA) is 207 Å². The zero-order chi connectivity index (χ0) is 41.0. The summed E-state index contributed by atoms with van der Waals surface area (Å²) in [5, 5.41) is 6.16. The largest absolute Gasteiger partial charge is 0.371 e. The summed E-state index contributed by atoms with van der Waals surface area (Å²) in [6.45, 7) is 8.54. The van der Waals surface area contributed by atoms with Gasteiger partial charge in [0.05, 0.1) is 28.4 Å². The molecule has 0 radical (unpaired) electrons. The van der Waals surface area contributed by atoms with Gasteiger partial charge in [0.15, 0.2) is 11.5 Å². The molecule has 5 fully saturated rings. The van der Waals surface area contributed by atoms with Crippen LogP contribution in [-0.4, -0.2) is 129 Å². The second kappa shape index (κ2) is 15.6. The number of anilines is 4. The van der Waals surface area contributed by atoms with Gasteiger partial charge in [-0.25, -0.2) is 9.97 Å². The Morgan fingerprint density at radius 1 is 0.932 bits per heavy atom. The Morgan fingerprint density at radius 3 is 2.42 bits per heavy atom. The molecule has 9 rings (SSSR count). The zero-order valence-corrected chi connectivity index (χ0v) is 34.0. The predicted octanol–water partition coefficient (Wildman–Crippen LogP) is 2.69. The Kier molecular flexibility index (Phi) is 10.3. The maximum absolute atomic E-state index is 14.2. The Balaban J connectivity index is 0.764. The molecule has 310 valence electrons. The summed E-state index contributed by atoms with van der Waals surface area (Å²) >= 11 is 1.27. The fraction of sp³-hybridized carbons (Fsp3) is 0.537. The first-order valence-corrected chi connectivity index (χ1v) is 21.5. The minimum absolute atomic E-state index is 0.0676. The third-order valence-electron chi connectivity index (χ3n) is 13.3. The maximum Gasteiger partial charge on any atom is 0.271 e. The molecule has 6 aliphatic rings. The molecule has 3 aromatic rings. The highest BCUT2D eigenvalue weighted by molar-refractivity contribution is 7.10. The molecule has 8 heterocycles. The number of likely N-dealkylation sites (tertiary alicyclic amines) is 2. The zero-order valence-electron chi connectivity index (χ0n) is 33.2. The monoisotopic (exact) mass is 823 g/mol. The number of aryl methyl sites for hydroxylation is 1. The highest BCUT2D eigenvalue weighted by atomic mass is 32.1. The summed E-state index contributed by atoms with van der Waals surface area (Å²) in [6.07, 6.45) is 8.26. The van der Waals surface area contributed by atoms with E-state index >= 15 is 0 Å². The van der Waals surface area contributed by atoms with Gasteiger partial charge >= 0.3 is 0 Å². The lowest BCUT2D eigenvalue weighted by Gasteiger charge is -2.42. The number of nitrogens with one attached hydrogen (secondary N) is 2. The highest BCUT2D eigenvalue weighted by Gasteiger charge is 2.50. The van der Waals surface area contributed by atoms with Gasteiger partial charge in [0.1, 0.15) is 16.9 Å². The Labute approximate surface area is 345 Å². The van der Waals surface area contributed by atoms with Gasteiger partial charge < -0.3 is 30.7 Å². The molecule has 1 spiro atoms. The maximum atomic E-state index is 14.2. The van der Waals surface area contributed by atoms with E-state index < -0.39 is 35.6 Å². The van der Waals surface area contributed by atoms with Crippen molar-refractivity contribution in [1.82, 2.24) is 34.4 Å². The van der Waals surface area contributed by atoms with Crippen LogP contribution in [0, 0.1) is 18.3 Å². The summed E-state index contributed by atoms with van der Waals surface area (Å²) in [5.41, 5.74) is 7.72. The molecule has 59 heavy (non-hydrogen) atoms. The third-order valence-corrected chi connectivity index (χ3v) is 14.1. The quantitative estimate of drug-likeness (QED) is 0.266. The molecule has 0 aliphatic carbocycles. The van der Waals surface area contributed by atoms with E-state index in [-0.39, 0.29) is 35.9 Å². The lowest BCUT2D eigenvalue weighted by molar-refractivity contribution is -0.140. The molecule has 0 saturated carbocycles. The van der Waals surface area contributed by atoms with Gasteiger partial charge in [0.2, 0.25) is 17.7 Å².